The first-order valence-electron chi connectivity index (χ1n) is 10.6. The monoisotopic (exact) mass is 503 g/mol. The van der Waals surface area contributed by atoms with Gasteiger partial charge in [-0.25, -0.2) is 18.7 Å². The third-order valence-corrected chi connectivity index (χ3v) is 6.52. The first-order chi connectivity index (χ1) is 15.9. The van der Waals surface area contributed by atoms with E-state index < -0.39 is 48.6 Å². The number of fused-ring (bicyclic) bond motifs is 1. The van der Waals surface area contributed by atoms with Crippen LogP contribution >= 0.6 is 11.3 Å². The molecule has 4 heterocycles. The van der Waals surface area contributed by atoms with E-state index in [0.29, 0.717) is 5.56 Å². The second-order valence-corrected chi connectivity index (χ2v) is 9.27. The van der Waals surface area contributed by atoms with Crippen LogP contribution in [0.3, 0.4) is 0 Å². The Hall–Kier alpha value is -2.67. The molecule has 1 saturated heterocycles. The molecule has 34 heavy (non-hydrogen) atoms. The van der Waals surface area contributed by atoms with Gasteiger partial charge in [-0.1, -0.05) is 0 Å². The van der Waals surface area contributed by atoms with Gasteiger partial charge in [0.1, 0.15) is 0 Å². The standard InChI is InChI=1S/C21H22F5N5O2S/c22-20(23)4-1-16(32)31(11-20)8-13(27)7-17(33)30-5-2-14-15(9-30)28-19(12-3-6-34-10-12)29-18(14)21(24,25)26/h3,6,10,13H,1-2,4-5,7-9,11,27H2/t13-/m0/s1. The summed E-state index contributed by atoms with van der Waals surface area (Å²) >= 11 is 1.30. The average Bonchev–Trinajstić information content (AvgIpc) is 3.29. The number of rotatable bonds is 5. The van der Waals surface area contributed by atoms with Crippen molar-refractivity contribution in [2.24, 2.45) is 5.73 Å². The van der Waals surface area contributed by atoms with Gasteiger partial charge >= 0.3 is 6.18 Å². The molecule has 0 bridgehead atoms. The van der Waals surface area contributed by atoms with Gasteiger partial charge in [0, 0.05) is 54.9 Å². The van der Waals surface area contributed by atoms with Crippen LogP contribution in [-0.2, 0) is 28.7 Å². The van der Waals surface area contributed by atoms with Crippen LogP contribution in [0.2, 0.25) is 0 Å². The van der Waals surface area contributed by atoms with Gasteiger partial charge in [0.15, 0.2) is 11.5 Å². The van der Waals surface area contributed by atoms with Gasteiger partial charge in [0.2, 0.25) is 11.8 Å². The molecule has 2 aliphatic rings. The number of likely N-dealkylation sites (tertiary alicyclic amines) is 1. The quantitative estimate of drug-likeness (QED) is 0.634. The fraction of sp³-hybridized carbons (Fsp3) is 0.524. The van der Waals surface area contributed by atoms with Crippen LogP contribution in [0.25, 0.3) is 11.4 Å². The van der Waals surface area contributed by atoms with Crippen LogP contribution < -0.4 is 5.73 Å². The Kier molecular flexibility index (Phi) is 6.60. The summed E-state index contributed by atoms with van der Waals surface area (Å²) in [6.45, 7) is -1.07. The lowest BCUT2D eigenvalue weighted by Gasteiger charge is -2.34. The van der Waals surface area contributed by atoms with Crippen molar-refractivity contribution in [3.8, 4) is 11.4 Å². The zero-order valence-corrected chi connectivity index (χ0v) is 18.8. The number of hydrogen-bond acceptors (Lipinski definition) is 6. The Morgan fingerprint density at radius 3 is 2.71 bits per heavy atom. The molecule has 2 N–H and O–H groups in total. The molecule has 2 amide bonds. The summed E-state index contributed by atoms with van der Waals surface area (Å²) in [7, 11) is 0. The zero-order valence-electron chi connectivity index (χ0n) is 17.9. The number of carbonyl (C=O) groups excluding carboxylic acids is 2. The van der Waals surface area contributed by atoms with Crippen molar-refractivity contribution < 1.29 is 31.5 Å². The first-order valence-corrected chi connectivity index (χ1v) is 11.6. The third-order valence-electron chi connectivity index (χ3n) is 5.84. The van der Waals surface area contributed by atoms with E-state index in [1.807, 2.05) is 0 Å². The van der Waals surface area contributed by atoms with Crippen molar-refractivity contribution in [1.29, 1.82) is 0 Å². The Labute approximate surface area is 195 Å². The SMILES string of the molecule is N[C@@H](CC(=O)N1CCc2c(nc(-c3ccsc3)nc2C(F)(F)F)C1)CN1CC(F)(F)CCC1=O. The summed E-state index contributed by atoms with van der Waals surface area (Å²) < 4.78 is 68.2. The van der Waals surface area contributed by atoms with Gasteiger partial charge in [-0.3, -0.25) is 9.59 Å². The van der Waals surface area contributed by atoms with Crippen LogP contribution in [0.15, 0.2) is 16.8 Å². The molecule has 2 aromatic rings. The first kappa shape index (κ1) is 24.5. The van der Waals surface area contributed by atoms with Gasteiger partial charge in [-0.05, 0) is 17.9 Å². The second kappa shape index (κ2) is 9.17. The van der Waals surface area contributed by atoms with Crippen LogP contribution in [0.1, 0.15) is 36.2 Å². The zero-order chi connectivity index (χ0) is 24.7. The largest absolute Gasteiger partial charge is 0.433 e. The number of alkyl halides is 5. The van der Waals surface area contributed by atoms with Crippen LogP contribution in [0.5, 0.6) is 0 Å². The highest BCUT2D eigenvalue weighted by atomic mass is 32.1. The summed E-state index contributed by atoms with van der Waals surface area (Å²) in [5, 5.41) is 3.34. The fourth-order valence-corrected chi connectivity index (χ4v) is 4.79. The molecule has 4 rings (SSSR count). The molecule has 0 spiro atoms. The highest BCUT2D eigenvalue weighted by molar-refractivity contribution is 7.08. The molecule has 2 aromatic heterocycles. The van der Waals surface area contributed by atoms with Gasteiger partial charge in [0.25, 0.3) is 5.92 Å². The number of piperidine rings is 1. The lowest BCUT2D eigenvalue weighted by atomic mass is 10.0. The predicted molar refractivity (Wildman–Crippen MR) is 113 cm³/mol. The van der Waals surface area contributed by atoms with Crippen molar-refractivity contribution in [1.82, 2.24) is 19.8 Å². The number of nitrogens with two attached hydrogens (primary N) is 1. The minimum Gasteiger partial charge on any atom is -0.336 e. The van der Waals surface area contributed by atoms with Gasteiger partial charge < -0.3 is 15.5 Å². The summed E-state index contributed by atoms with van der Waals surface area (Å²) in [5.74, 6) is -3.95. The topological polar surface area (TPSA) is 92.4 Å². The number of carbonyl (C=O) groups is 2. The van der Waals surface area contributed by atoms with Crippen molar-refractivity contribution >= 4 is 23.2 Å². The highest BCUT2D eigenvalue weighted by Gasteiger charge is 2.41. The molecule has 184 valence electrons. The van der Waals surface area contributed by atoms with E-state index in [9.17, 15) is 31.5 Å². The molecule has 0 saturated carbocycles. The lowest BCUT2D eigenvalue weighted by Crippen LogP contribution is -2.51. The highest BCUT2D eigenvalue weighted by Crippen LogP contribution is 2.35. The van der Waals surface area contributed by atoms with Gasteiger partial charge in [0.05, 0.1) is 18.8 Å². The van der Waals surface area contributed by atoms with E-state index in [-0.39, 0.29) is 56.0 Å². The Bertz CT molecular complexity index is 1080. The minimum atomic E-state index is -4.67. The molecule has 0 aliphatic carbocycles. The Morgan fingerprint density at radius 1 is 1.26 bits per heavy atom. The molecular weight excluding hydrogens is 481 g/mol. The molecule has 2 aliphatic heterocycles. The van der Waals surface area contributed by atoms with Gasteiger partial charge in [-0.2, -0.15) is 24.5 Å². The summed E-state index contributed by atoms with van der Waals surface area (Å²) in [4.78, 5) is 35.1. The molecule has 0 radical (unpaired) electrons. The molecule has 7 nitrogen and oxygen atoms in total. The normalized spacial score (nSPS) is 19.2. The van der Waals surface area contributed by atoms with Crippen molar-refractivity contribution in [2.75, 3.05) is 19.6 Å². The number of hydrogen-bond donors (Lipinski definition) is 1. The Balaban J connectivity index is 1.47. The number of amides is 2. The summed E-state index contributed by atoms with van der Waals surface area (Å²) in [5.41, 5.74) is 5.48. The van der Waals surface area contributed by atoms with E-state index in [1.165, 1.54) is 16.2 Å². The number of halogens is 5. The average molecular weight is 503 g/mol. The lowest BCUT2D eigenvalue weighted by molar-refractivity contribution is -0.148. The third kappa shape index (κ3) is 5.35. The summed E-state index contributed by atoms with van der Waals surface area (Å²) in [6, 6.07) is 0.729. The van der Waals surface area contributed by atoms with E-state index in [2.05, 4.69) is 9.97 Å². The van der Waals surface area contributed by atoms with E-state index in [1.54, 1.807) is 16.8 Å². The van der Waals surface area contributed by atoms with Crippen LogP contribution in [-0.4, -0.2) is 63.2 Å². The maximum atomic E-state index is 13.7. The fourth-order valence-electron chi connectivity index (χ4n) is 4.16. The molecule has 1 atom stereocenters. The molecule has 13 heteroatoms. The maximum absolute atomic E-state index is 13.7. The number of aromatic nitrogens is 2. The van der Waals surface area contributed by atoms with E-state index >= 15 is 0 Å². The Morgan fingerprint density at radius 2 is 2.03 bits per heavy atom. The van der Waals surface area contributed by atoms with Gasteiger partial charge in [-0.15, -0.1) is 0 Å². The second-order valence-electron chi connectivity index (χ2n) is 8.49. The molecular formula is C21H22F5N5O2S. The molecule has 0 unspecified atom stereocenters. The smallest absolute Gasteiger partial charge is 0.336 e. The predicted octanol–water partition coefficient (Wildman–Crippen LogP) is 3.08. The van der Waals surface area contributed by atoms with E-state index in [4.69, 9.17) is 5.73 Å². The number of nitrogens with zero attached hydrogens (tertiary/aromatic N) is 4. The van der Waals surface area contributed by atoms with Crippen LogP contribution in [0.4, 0.5) is 22.0 Å². The number of thiophene rings is 1. The van der Waals surface area contributed by atoms with Crippen molar-refractivity contribution in [2.45, 2.75) is 50.4 Å². The van der Waals surface area contributed by atoms with E-state index in [0.717, 1.165) is 4.90 Å². The van der Waals surface area contributed by atoms with Crippen molar-refractivity contribution in [3.05, 3.63) is 33.8 Å². The molecule has 0 aromatic carbocycles. The molecule has 1 fully saturated rings. The minimum absolute atomic E-state index is 0.0174. The van der Waals surface area contributed by atoms with Crippen molar-refractivity contribution in [3.63, 3.8) is 0 Å². The summed E-state index contributed by atoms with van der Waals surface area (Å²) in [6.07, 6.45) is -5.79. The maximum Gasteiger partial charge on any atom is 0.433 e. The van der Waals surface area contributed by atoms with Crippen LogP contribution in [0, 0.1) is 0 Å².